The zero-order valence-electron chi connectivity index (χ0n) is 8.46. The molecule has 0 radical (unpaired) electrons. The van der Waals surface area contributed by atoms with Gasteiger partial charge in [0.2, 0.25) is 0 Å². The molecule has 0 atom stereocenters. The molecule has 13 heavy (non-hydrogen) atoms. The van der Waals surface area contributed by atoms with E-state index in [9.17, 15) is 4.79 Å². The number of aryl methyl sites for hydroxylation is 1. The minimum absolute atomic E-state index is 0.808. The predicted molar refractivity (Wildman–Crippen MR) is 58.7 cm³/mol. The molecule has 2 nitrogen and oxygen atoms in total. The zero-order chi connectivity index (χ0) is 10.1. The molecule has 0 saturated carbocycles. The topological polar surface area (TPSA) is 29.1 Å². The van der Waals surface area contributed by atoms with E-state index in [1.54, 1.807) is 0 Å². The van der Waals surface area contributed by atoms with E-state index in [1.807, 2.05) is 26.1 Å². The Labute approximate surface area is 84.0 Å². The fourth-order valence-corrected chi connectivity index (χ4v) is 1.46. The second-order valence-electron chi connectivity index (χ2n) is 2.67. The number of nitrogens with one attached hydrogen (secondary N) is 1. The van der Waals surface area contributed by atoms with Gasteiger partial charge in [-0.25, -0.2) is 0 Å². The molecule has 0 aliphatic heterocycles. The summed E-state index contributed by atoms with van der Waals surface area (Å²) in [5, 5.41) is 3.02. The van der Waals surface area contributed by atoms with Crippen molar-refractivity contribution in [3.63, 3.8) is 0 Å². The van der Waals surface area contributed by atoms with E-state index in [4.69, 9.17) is 0 Å². The van der Waals surface area contributed by atoms with Crippen LogP contribution in [0, 0.1) is 6.92 Å². The molecular weight excluding hydrogens is 182 g/mol. The monoisotopic (exact) mass is 199 g/mol. The van der Waals surface area contributed by atoms with Gasteiger partial charge in [0.05, 0.1) is 4.88 Å². The molecule has 3 heteroatoms. The number of aldehydes is 1. The quantitative estimate of drug-likeness (QED) is 0.758. The molecule has 1 aromatic heterocycles. The van der Waals surface area contributed by atoms with Crippen molar-refractivity contribution in [3.8, 4) is 0 Å². The molecule has 1 N–H and O–H groups in total. The van der Waals surface area contributed by atoms with E-state index in [2.05, 4.69) is 12.2 Å². The van der Waals surface area contributed by atoms with Gasteiger partial charge >= 0.3 is 0 Å². The second kappa shape index (κ2) is 7.95. The zero-order valence-corrected chi connectivity index (χ0v) is 9.28. The van der Waals surface area contributed by atoms with E-state index in [1.165, 1.54) is 22.6 Å². The second-order valence-corrected chi connectivity index (χ2v) is 3.99. The number of hydrogen-bond acceptors (Lipinski definition) is 3. The Hall–Kier alpha value is -0.670. The highest BCUT2D eigenvalue weighted by Gasteiger charge is 1.90. The summed E-state index contributed by atoms with van der Waals surface area (Å²) in [5.74, 6) is 0. The summed E-state index contributed by atoms with van der Waals surface area (Å²) in [4.78, 5) is 12.0. The molecule has 0 aliphatic rings. The fourth-order valence-electron chi connectivity index (χ4n) is 0.767. The number of thiophene rings is 1. The lowest BCUT2D eigenvalue weighted by Gasteiger charge is -1.84. The molecule has 0 spiro atoms. The van der Waals surface area contributed by atoms with Crippen molar-refractivity contribution in [2.75, 3.05) is 13.6 Å². The van der Waals surface area contributed by atoms with Crippen LogP contribution in [0.3, 0.4) is 0 Å². The fraction of sp³-hybridized carbons (Fsp3) is 0.500. The summed E-state index contributed by atoms with van der Waals surface area (Å²) in [6.07, 6.45) is 2.11. The minimum atomic E-state index is 0.808. The lowest BCUT2D eigenvalue weighted by Crippen LogP contribution is -2.04. The largest absolute Gasteiger partial charge is 0.320 e. The summed E-state index contributed by atoms with van der Waals surface area (Å²) >= 11 is 1.52. The van der Waals surface area contributed by atoms with Gasteiger partial charge in [0, 0.05) is 4.88 Å². The summed E-state index contributed by atoms with van der Waals surface area (Å²) in [6.45, 7) is 5.27. The average molecular weight is 199 g/mol. The van der Waals surface area contributed by atoms with Gasteiger partial charge in [0.1, 0.15) is 0 Å². The van der Waals surface area contributed by atoms with Gasteiger partial charge in [-0.3, -0.25) is 4.79 Å². The third kappa shape index (κ3) is 6.49. The van der Waals surface area contributed by atoms with Crippen molar-refractivity contribution in [1.82, 2.24) is 5.32 Å². The lowest BCUT2D eigenvalue weighted by atomic mass is 10.5. The highest BCUT2D eigenvalue weighted by atomic mass is 32.1. The Morgan fingerprint density at radius 2 is 2.23 bits per heavy atom. The maximum atomic E-state index is 10.0. The summed E-state index contributed by atoms with van der Waals surface area (Å²) in [5.41, 5.74) is 0. The minimum Gasteiger partial charge on any atom is -0.320 e. The van der Waals surface area contributed by atoms with Crippen molar-refractivity contribution >= 4 is 17.6 Å². The molecule has 0 fully saturated rings. The van der Waals surface area contributed by atoms with Crippen molar-refractivity contribution in [1.29, 1.82) is 0 Å². The first-order chi connectivity index (χ1) is 6.24. The van der Waals surface area contributed by atoms with Crippen LogP contribution in [0.1, 0.15) is 27.9 Å². The van der Waals surface area contributed by atoms with Gasteiger partial charge in [-0.05, 0) is 39.1 Å². The normalized spacial score (nSPS) is 8.85. The third-order valence-electron chi connectivity index (χ3n) is 1.38. The molecule has 74 valence electrons. The molecule has 0 aliphatic carbocycles. The van der Waals surface area contributed by atoms with Gasteiger partial charge in [0.25, 0.3) is 0 Å². The standard InChI is InChI=1S/C6H6OS.C4H11N/c1-5-2-3-6(4-7)8-5;1-3-4-5-2/h2-4H,1H3;5H,3-4H2,1-2H3. The molecule has 0 unspecified atom stereocenters. The Morgan fingerprint density at radius 3 is 2.38 bits per heavy atom. The van der Waals surface area contributed by atoms with Gasteiger partial charge in [-0.15, -0.1) is 11.3 Å². The summed E-state index contributed by atoms with van der Waals surface area (Å²) < 4.78 is 0. The summed E-state index contributed by atoms with van der Waals surface area (Å²) in [6, 6.07) is 3.77. The lowest BCUT2D eigenvalue weighted by molar-refractivity contribution is 0.112. The Balaban J connectivity index is 0.000000252. The highest BCUT2D eigenvalue weighted by Crippen LogP contribution is 2.11. The van der Waals surface area contributed by atoms with E-state index in [-0.39, 0.29) is 0 Å². The van der Waals surface area contributed by atoms with Crippen LogP contribution in [-0.4, -0.2) is 19.9 Å². The highest BCUT2D eigenvalue weighted by molar-refractivity contribution is 7.13. The van der Waals surface area contributed by atoms with Crippen molar-refractivity contribution in [2.45, 2.75) is 20.3 Å². The van der Waals surface area contributed by atoms with E-state index < -0.39 is 0 Å². The molecular formula is C10H17NOS. The first-order valence-corrected chi connectivity index (χ1v) is 5.22. The van der Waals surface area contributed by atoms with Crippen LogP contribution < -0.4 is 5.32 Å². The molecule has 0 aromatic carbocycles. The maximum Gasteiger partial charge on any atom is 0.160 e. The molecule has 0 bridgehead atoms. The van der Waals surface area contributed by atoms with Gasteiger partial charge < -0.3 is 5.32 Å². The number of rotatable bonds is 3. The van der Waals surface area contributed by atoms with Crippen LogP contribution in [-0.2, 0) is 0 Å². The molecule has 1 heterocycles. The average Bonchev–Trinajstić information content (AvgIpc) is 2.54. The van der Waals surface area contributed by atoms with Crippen LogP contribution in [0.2, 0.25) is 0 Å². The third-order valence-corrected chi connectivity index (χ3v) is 2.30. The smallest absolute Gasteiger partial charge is 0.160 e. The Bertz CT molecular complexity index is 231. The first-order valence-electron chi connectivity index (χ1n) is 4.40. The predicted octanol–water partition coefficient (Wildman–Crippen LogP) is 2.48. The van der Waals surface area contributed by atoms with Crippen molar-refractivity contribution < 1.29 is 4.79 Å². The van der Waals surface area contributed by atoms with E-state index in [0.29, 0.717) is 0 Å². The van der Waals surface area contributed by atoms with Gasteiger partial charge in [0.15, 0.2) is 6.29 Å². The molecule has 0 amide bonds. The van der Waals surface area contributed by atoms with E-state index in [0.717, 1.165) is 17.7 Å². The molecule has 1 aromatic rings. The van der Waals surface area contributed by atoms with Crippen LogP contribution in [0.4, 0.5) is 0 Å². The maximum absolute atomic E-state index is 10.0. The Morgan fingerprint density at radius 1 is 1.54 bits per heavy atom. The Kier molecular flexibility index (Phi) is 7.54. The SMILES string of the molecule is CCCNC.Cc1ccc(C=O)s1. The van der Waals surface area contributed by atoms with Gasteiger partial charge in [-0.2, -0.15) is 0 Å². The first kappa shape index (κ1) is 12.3. The van der Waals surface area contributed by atoms with Crippen LogP contribution >= 0.6 is 11.3 Å². The summed E-state index contributed by atoms with van der Waals surface area (Å²) in [7, 11) is 1.96. The number of hydrogen-bond donors (Lipinski definition) is 1. The van der Waals surface area contributed by atoms with Crippen LogP contribution in [0.25, 0.3) is 0 Å². The van der Waals surface area contributed by atoms with E-state index >= 15 is 0 Å². The van der Waals surface area contributed by atoms with Gasteiger partial charge in [-0.1, -0.05) is 6.92 Å². The van der Waals surface area contributed by atoms with Crippen LogP contribution in [0.5, 0.6) is 0 Å². The molecule has 0 saturated heterocycles. The van der Waals surface area contributed by atoms with Crippen LogP contribution in [0.15, 0.2) is 12.1 Å². The van der Waals surface area contributed by atoms with Crippen molar-refractivity contribution in [3.05, 3.63) is 21.9 Å². The number of carbonyl (C=O) groups excluding carboxylic acids is 1. The molecule has 1 rings (SSSR count). The van der Waals surface area contributed by atoms with Crippen molar-refractivity contribution in [2.24, 2.45) is 0 Å². The number of carbonyl (C=O) groups is 1.